The molecule has 0 aliphatic carbocycles. The Hall–Kier alpha value is -2.78. The van der Waals surface area contributed by atoms with Crippen LogP contribution in [0.15, 0.2) is 69.2 Å². The second-order valence-electron chi connectivity index (χ2n) is 6.74. The van der Waals surface area contributed by atoms with Crippen molar-refractivity contribution in [3.63, 3.8) is 0 Å². The molecule has 0 spiro atoms. The van der Waals surface area contributed by atoms with Crippen molar-refractivity contribution in [1.82, 2.24) is 10.2 Å². The lowest BCUT2D eigenvalue weighted by atomic mass is 9.96. The van der Waals surface area contributed by atoms with Gasteiger partial charge in [-0.05, 0) is 42.2 Å². The number of urea groups is 1. The van der Waals surface area contributed by atoms with Gasteiger partial charge in [0.05, 0.1) is 17.3 Å². The molecular weight excluding hydrogens is 470 g/mol. The fourth-order valence-electron chi connectivity index (χ4n) is 3.44. The molecular formula is C21H18BrN3O4S. The fourth-order valence-corrected chi connectivity index (χ4v) is 4.24. The van der Waals surface area contributed by atoms with E-state index in [1.807, 2.05) is 36.6 Å². The monoisotopic (exact) mass is 487 g/mol. The van der Waals surface area contributed by atoms with Gasteiger partial charge in [0, 0.05) is 15.1 Å². The Labute approximate surface area is 186 Å². The quantitative estimate of drug-likeness (QED) is 0.495. The van der Waals surface area contributed by atoms with E-state index in [2.05, 4.69) is 26.6 Å². The number of rotatable bonds is 5. The number of halogens is 1. The van der Waals surface area contributed by atoms with Gasteiger partial charge in [0.2, 0.25) is 5.91 Å². The zero-order chi connectivity index (χ0) is 21.3. The Morgan fingerprint density at radius 1 is 1.27 bits per heavy atom. The second-order valence-corrected chi connectivity index (χ2v) is 8.53. The van der Waals surface area contributed by atoms with Crippen LogP contribution in [0.3, 0.4) is 0 Å². The van der Waals surface area contributed by atoms with Crippen LogP contribution in [-0.2, 0) is 14.3 Å². The van der Waals surface area contributed by atoms with Crippen molar-refractivity contribution < 1.29 is 19.1 Å². The Balaban J connectivity index is 1.58. The van der Waals surface area contributed by atoms with E-state index in [0.717, 1.165) is 14.9 Å². The minimum atomic E-state index is -0.609. The number of benzene rings is 2. The molecule has 0 saturated carbocycles. The van der Waals surface area contributed by atoms with E-state index < -0.39 is 18.0 Å². The third-order valence-electron chi connectivity index (χ3n) is 4.86. The van der Waals surface area contributed by atoms with E-state index in [1.54, 1.807) is 30.0 Å². The van der Waals surface area contributed by atoms with Crippen molar-refractivity contribution in [2.24, 2.45) is 0 Å². The molecule has 0 radical (unpaired) electrons. The summed E-state index contributed by atoms with van der Waals surface area (Å²) in [6, 6.07) is 13.7. The number of thioether (sulfide) groups is 1. The minimum absolute atomic E-state index is 0.0366. The van der Waals surface area contributed by atoms with E-state index in [9.17, 15) is 14.4 Å². The van der Waals surface area contributed by atoms with E-state index in [1.165, 1.54) is 4.90 Å². The lowest BCUT2D eigenvalue weighted by molar-refractivity contribution is -0.136. The van der Waals surface area contributed by atoms with Crippen molar-refractivity contribution >= 4 is 51.3 Å². The highest BCUT2D eigenvalue weighted by Gasteiger charge is 2.42. The van der Waals surface area contributed by atoms with Crippen LogP contribution in [0.5, 0.6) is 0 Å². The molecule has 30 heavy (non-hydrogen) atoms. The summed E-state index contributed by atoms with van der Waals surface area (Å²) in [6.07, 6.45) is 1.98. The van der Waals surface area contributed by atoms with Crippen LogP contribution in [0.4, 0.5) is 10.5 Å². The number of carbonyl (C=O) groups is 3. The van der Waals surface area contributed by atoms with Gasteiger partial charge in [-0.25, -0.2) is 9.59 Å². The molecule has 2 N–H and O–H groups in total. The molecule has 4 rings (SSSR count). The average Bonchev–Trinajstić information content (AvgIpc) is 3.11. The Morgan fingerprint density at radius 3 is 2.73 bits per heavy atom. The van der Waals surface area contributed by atoms with Crippen LogP contribution in [0, 0.1) is 0 Å². The van der Waals surface area contributed by atoms with Gasteiger partial charge in [-0.15, -0.1) is 11.8 Å². The molecule has 0 bridgehead atoms. The van der Waals surface area contributed by atoms with Crippen LogP contribution in [0.1, 0.15) is 11.6 Å². The average molecular weight is 488 g/mol. The summed E-state index contributed by atoms with van der Waals surface area (Å²) >= 11 is 4.96. The molecule has 2 aromatic carbocycles. The fraction of sp³-hybridized carbons (Fsp3) is 0.190. The highest BCUT2D eigenvalue weighted by Crippen LogP contribution is 2.35. The summed E-state index contributed by atoms with van der Waals surface area (Å²) in [5.41, 5.74) is 2.17. The number of cyclic esters (lactones) is 1. The first-order valence-electron chi connectivity index (χ1n) is 9.14. The molecule has 2 heterocycles. The number of hydrogen-bond donors (Lipinski definition) is 2. The number of nitrogens with zero attached hydrogens (tertiary/aromatic N) is 1. The van der Waals surface area contributed by atoms with Gasteiger partial charge < -0.3 is 15.4 Å². The third-order valence-corrected chi connectivity index (χ3v) is 6.09. The smallest absolute Gasteiger partial charge is 0.338 e. The molecule has 9 heteroatoms. The van der Waals surface area contributed by atoms with Gasteiger partial charge in [-0.1, -0.05) is 34.1 Å². The van der Waals surface area contributed by atoms with Gasteiger partial charge in [-0.3, -0.25) is 9.69 Å². The number of anilines is 1. The Morgan fingerprint density at radius 2 is 2.03 bits per heavy atom. The molecule has 2 aliphatic rings. The van der Waals surface area contributed by atoms with Crippen LogP contribution < -0.4 is 10.6 Å². The van der Waals surface area contributed by atoms with Gasteiger partial charge >= 0.3 is 12.0 Å². The van der Waals surface area contributed by atoms with Gasteiger partial charge in [0.25, 0.3) is 0 Å². The summed E-state index contributed by atoms with van der Waals surface area (Å²) < 4.78 is 6.03. The number of esters is 1. The van der Waals surface area contributed by atoms with E-state index in [4.69, 9.17) is 4.74 Å². The van der Waals surface area contributed by atoms with E-state index in [-0.39, 0.29) is 19.1 Å². The Kier molecular flexibility index (Phi) is 5.83. The Bertz CT molecular complexity index is 1050. The number of hydrogen-bond acceptors (Lipinski definition) is 5. The summed E-state index contributed by atoms with van der Waals surface area (Å²) in [5, 5.41) is 5.59. The van der Waals surface area contributed by atoms with Gasteiger partial charge in [-0.2, -0.15) is 0 Å². The molecule has 7 nitrogen and oxygen atoms in total. The minimum Gasteiger partial charge on any atom is -0.456 e. The lowest BCUT2D eigenvalue weighted by Crippen LogP contribution is -2.49. The van der Waals surface area contributed by atoms with Crippen LogP contribution in [0.2, 0.25) is 0 Å². The predicted molar refractivity (Wildman–Crippen MR) is 117 cm³/mol. The van der Waals surface area contributed by atoms with Crippen molar-refractivity contribution in [1.29, 1.82) is 0 Å². The molecule has 0 saturated heterocycles. The molecule has 0 unspecified atom stereocenters. The van der Waals surface area contributed by atoms with Gasteiger partial charge in [0.1, 0.15) is 13.2 Å². The van der Waals surface area contributed by atoms with Crippen molar-refractivity contribution in [2.45, 2.75) is 10.9 Å². The molecule has 0 aromatic heterocycles. The first-order chi connectivity index (χ1) is 14.5. The van der Waals surface area contributed by atoms with Crippen LogP contribution >= 0.6 is 27.7 Å². The van der Waals surface area contributed by atoms with E-state index >= 15 is 0 Å². The third kappa shape index (κ3) is 4.08. The number of carbonyl (C=O) groups excluding carboxylic acids is 3. The number of ether oxygens (including phenoxy) is 1. The SMILES string of the molecule is CSc1ccc([C@H]2NC(=O)N(CC(=O)Nc3cccc(Br)c3)C3=C2C(=O)OC3)cc1. The molecule has 0 fully saturated rings. The second kappa shape index (κ2) is 8.53. The first-order valence-corrected chi connectivity index (χ1v) is 11.2. The maximum Gasteiger partial charge on any atom is 0.338 e. The van der Waals surface area contributed by atoms with Crippen LogP contribution in [0.25, 0.3) is 0 Å². The standard InChI is InChI=1S/C21H18BrN3O4S/c1-30-15-7-5-12(6-8-15)19-18-16(11-29-20(18)27)25(21(28)24-19)10-17(26)23-14-4-2-3-13(22)9-14/h2-9,19H,10-11H2,1H3,(H,23,26)(H,24,28)/t19-/m1/s1. The van der Waals surface area contributed by atoms with Crippen molar-refractivity contribution in [3.8, 4) is 0 Å². The molecule has 3 amide bonds. The summed E-state index contributed by atoms with van der Waals surface area (Å²) in [6.45, 7) is -0.267. The van der Waals surface area contributed by atoms with Crippen LogP contribution in [-0.4, -0.2) is 42.2 Å². The first kappa shape index (κ1) is 20.5. The van der Waals surface area contributed by atoms with Gasteiger partial charge in [0.15, 0.2) is 0 Å². The zero-order valence-corrected chi connectivity index (χ0v) is 18.4. The number of nitrogens with one attached hydrogen (secondary N) is 2. The summed E-state index contributed by atoms with van der Waals surface area (Å²) in [7, 11) is 0. The maximum absolute atomic E-state index is 12.8. The molecule has 154 valence electrons. The maximum atomic E-state index is 12.8. The van der Waals surface area contributed by atoms with E-state index in [0.29, 0.717) is 17.0 Å². The predicted octanol–water partition coefficient (Wildman–Crippen LogP) is 3.69. The highest BCUT2D eigenvalue weighted by atomic mass is 79.9. The zero-order valence-electron chi connectivity index (χ0n) is 16.0. The topological polar surface area (TPSA) is 87.7 Å². The van der Waals surface area contributed by atoms with Crippen molar-refractivity contribution in [2.75, 3.05) is 24.7 Å². The largest absolute Gasteiger partial charge is 0.456 e. The lowest BCUT2D eigenvalue weighted by Gasteiger charge is -2.32. The molecule has 1 atom stereocenters. The summed E-state index contributed by atoms with van der Waals surface area (Å²) in [5.74, 6) is -0.862. The normalized spacial score (nSPS) is 18.1. The molecule has 2 aromatic rings. The van der Waals surface area contributed by atoms with Crippen molar-refractivity contribution in [3.05, 3.63) is 69.8 Å². The molecule has 2 aliphatic heterocycles. The highest BCUT2D eigenvalue weighted by molar-refractivity contribution is 9.10. The summed E-state index contributed by atoms with van der Waals surface area (Å²) in [4.78, 5) is 40.1. The number of amides is 3.